The number of amides is 3. The summed E-state index contributed by atoms with van der Waals surface area (Å²) < 4.78 is 0. The molecule has 1 heterocycles. The number of hydrogen-bond acceptors (Lipinski definition) is 3. The molecule has 0 saturated carbocycles. The Bertz CT molecular complexity index is 367. The van der Waals surface area contributed by atoms with Gasteiger partial charge in [0.25, 0.3) is 0 Å². The molecule has 0 atom stereocenters. The van der Waals surface area contributed by atoms with E-state index in [1.165, 1.54) is 25.8 Å². The van der Waals surface area contributed by atoms with Gasteiger partial charge in [0.2, 0.25) is 5.91 Å². The van der Waals surface area contributed by atoms with Crippen molar-refractivity contribution >= 4 is 17.9 Å². The third-order valence-corrected chi connectivity index (χ3v) is 3.18. The van der Waals surface area contributed by atoms with Gasteiger partial charge in [0, 0.05) is 20.1 Å². The maximum Gasteiger partial charge on any atom is 0.329 e. The molecule has 1 aliphatic rings. The second kappa shape index (κ2) is 5.24. The van der Waals surface area contributed by atoms with Crippen molar-refractivity contribution in [1.29, 1.82) is 0 Å². The average Bonchev–Trinajstić information content (AvgIpc) is 2.51. The Labute approximate surface area is 106 Å². The van der Waals surface area contributed by atoms with Crippen molar-refractivity contribution in [3.8, 4) is 0 Å². The lowest BCUT2D eigenvalue weighted by Gasteiger charge is -2.35. The number of hydrogen-bond donors (Lipinski definition) is 2. The number of carboxylic acid groups (broad SMARTS) is 1. The SMILES string of the molecule is CN(C(=O)N1CCCNC(=O)C1)C(C)(C)C(=O)O. The van der Waals surface area contributed by atoms with Crippen molar-refractivity contribution in [3.05, 3.63) is 0 Å². The standard InChI is InChI=1S/C11H19N3O4/c1-11(2,9(16)17)13(3)10(18)14-6-4-5-12-8(15)7-14/h4-7H2,1-3H3,(H,12,15)(H,16,17). The smallest absolute Gasteiger partial charge is 0.329 e. The van der Waals surface area contributed by atoms with E-state index in [9.17, 15) is 14.4 Å². The first-order valence-corrected chi connectivity index (χ1v) is 5.79. The maximum atomic E-state index is 12.2. The van der Waals surface area contributed by atoms with Gasteiger partial charge >= 0.3 is 12.0 Å². The van der Waals surface area contributed by atoms with E-state index < -0.39 is 17.5 Å². The zero-order valence-corrected chi connectivity index (χ0v) is 10.9. The first kappa shape index (κ1) is 14.3. The molecule has 0 aromatic carbocycles. The lowest BCUT2D eigenvalue weighted by Crippen LogP contribution is -2.55. The summed E-state index contributed by atoms with van der Waals surface area (Å²) in [7, 11) is 1.43. The van der Waals surface area contributed by atoms with Crippen LogP contribution in [0.25, 0.3) is 0 Å². The number of aliphatic carboxylic acids is 1. The molecule has 0 unspecified atom stereocenters. The molecular weight excluding hydrogens is 238 g/mol. The van der Waals surface area contributed by atoms with Gasteiger partial charge in [0.05, 0.1) is 0 Å². The third kappa shape index (κ3) is 2.91. The second-order valence-electron chi connectivity index (χ2n) is 4.83. The minimum Gasteiger partial charge on any atom is -0.480 e. The Kier molecular flexibility index (Phi) is 4.15. The zero-order chi connectivity index (χ0) is 13.9. The van der Waals surface area contributed by atoms with Gasteiger partial charge in [-0.2, -0.15) is 0 Å². The van der Waals surface area contributed by atoms with Crippen LogP contribution in [-0.2, 0) is 9.59 Å². The van der Waals surface area contributed by atoms with Crippen LogP contribution in [-0.4, -0.2) is 65.0 Å². The van der Waals surface area contributed by atoms with Crippen molar-refractivity contribution in [3.63, 3.8) is 0 Å². The molecule has 0 bridgehead atoms. The fraction of sp³-hybridized carbons (Fsp3) is 0.727. The highest BCUT2D eigenvalue weighted by Crippen LogP contribution is 2.15. The lowest BCUT2D eigenvalue weighted by atomic mass is 10.0. The largest absolute Gasteiger partial charge is 0.480 e. The van der Waals surface area contributed by atoms with E-state index in [4.69, 9.17) is 5.11 Å². The van der Waals surface area contributed by atoms with Gasteiger partial charge < -0.3 is 20.2 Å². The number of nitrogens with zero attached hydrogens (tertiary/aromatic N) is 2. The van der Waals surface area contributed by atoms with Crippen LogP contribution in [0.4, 0.5) is 4.79 Å². The molecule has 1 fully saturated rings. The van der Waals surface area contributed by atoms with Crippen LogP contribution in [0.2, 0.25) is 0 Å². The summed E-state index contributed by atoms with van der Waals surface area (Å²) in [6.07, 6.45) is 0.665. The molecule has 7 nitrogen and oxygen atoms in total. The first-order chi connectivity index (χ1) is 8.26. The fourth-order valence-electron chi connectivity index (χ4n) is 1.56. The Balaban J connectivity index is 2.79. The number of rotatable bonds is 2. The number of likely N-dealkylation sites (N-methyl/N-ethyl adjacent to an activating group) is 1. The van der Waals surface area contributed by atoms with E-state index in [-0.39, 0.29) is 12.5 Å². The molecule has 1 saturated heterocycles. The predicted octanol–water partition coefficient (Wildman–Crippen LogP) is -0.277. The second-order valence-corrected chi connectivity index (χ2v) is 4.83. The maximum absolute atomic E-state index is 12.2. The molecule has 0 aliphatic carbocycles. The van der Waals surface area contributed by atoms with Crippen molar-refractivity contribution in [1.82, 2.24) is 15.1 Å². The molecule has 7 heteroatoms. The van der Waals surface area contributed by atoms with E-state index in [2.05, 4.69) is 5.32 Å². The highest BCUT2D eigenvalue weighted by atomic mass is 16.4. The molecule has 0 spiro atoms. The van der Waals surface area contributed by atoms with Crippen LogP contribution in [0.3, 0.4) is 0 Å². The Morgan fingerprint density at radius 1 is 1.44 bits per heavy atom. The van der Waals surface area contributed by atoms with Gasteiger partial charge in [-0.25, -0.2) is 9.59 Å². The molecule has 3 amide bonds. The Morgan fingerprint density at radius 3 is 2.61 bits per heavy atom. The molecule has 0 radical (unpaired) electrons. The quantitative estimate of drug-likeness (QED) is 0.712. The Morgan fingerprint density at radius 2 is 2.06 bits per heavy atom. The van der Waals surface area contributed by atoms with Crippen molar-refractivity contribution in [2.24, 2.45) is 0 Å². The van der Waals surface area contributed by atoms with Gasteiger partial charge in [-0.15, -0.1) is 0 Å². The van der Waals surface area contributed by atoms with E-state index in [0.29, 0.717) is 19.5 Å². The molecule has 0 aromatic rings. The molecule has 102 valence electrons. The van der Waals surface area contributed by atoms with Crippen molar-refractivity contribution in [2.75, 3.05) is 26.7 Å². The highest BCUT2D eigenvalue weighted by molar-refractivity contribution is 5.88. The van der Waals surface area contributed by atoms with Crippen LogP contribution in [0.5, 0.6) is 0 Å². The van der Waals surface area contributed by atoms with Crippen LogP contribution in [0.15, 0.2) is 0 Å². The predicted molar refractivity (Wildman–Crippen MR) is 64.1 cm³/mol. The van der Waals surface area contributed by atoms with Crippen molar-refractivity contribution in [2.45, 2.75) is 25.8 Å². The summed E-state index contributed by atoms with van der Waals surface area (Å²) in [5.41, 5.74) is -1.31. The van der Waals surface area contributed by atoms with Gasteiger partial charge in [-0.3, -0.25) is 4.79 Å². The normalized spacial score (nSPS) is 16.8. The molecule has 18 heavy (non-hydrogen) atoms. The van der Waals surface area contributed by atoms with E-state index >= 15 is 0 Å². The number of carbonyl (C=O) groups excluding carboxylic acids is 2. The van der Waals surface area contributed by atoms with E-state index in [0.717, 1.165) is 4.90 Å². The molecule has 0 aromatic heterocycles. The first-order valence-electron chi connectivity index (χ1n) is 5.79. The summed E-state index contributed by atoms with van der Waals surface area (Å²) in [5, 5.41) is 11.7. The van der Waals surface area contributed by atoms with Gasteiger partial charge in [0.1, 0.15) is 12.1 Å². The summed E-state index contributed by atoms with van der Waals surface area (Å²) >= 11 is 0. The van der Waals surface area contributed by atoms with Crippen LogP contribution in [0, 0.1) is 0 Å². The van der Waals surface area contributed by atoms with Crippen LogP contribution in [0.1, 0.15) is 20.3 Å². The number of carboxylic acids is 1. The molecular formula is C11H19N3O4. The number of carbonyl (C=O) groups is 3. The monoisotopic (exact) mass is 257 g/mol. The van der Waals surface area contributed by atoms with Crippen LogP contribution >= 0.6 is 0 Å². The molecule has 1 aliphatic heterocycles. The molecule has 2 N–H and O–H groups in total. The van der Waals surface area contributed by atoms with Crippen LogP contribution < -0.4 is 5.32 Å². The third-order valence-electron chi connectivity index (χ3n) is 3.18. The number of nitrogens with one attached hydrogen (secondary N) is 1. The Hall–Kier alpha value is -1.79. The highest BCUT2D eigenvalue weighted by Gasteiger charge is 2.37. The average molecular weight is 257 g/mol. The summed E-state index contributed by atoms with van der Waals surface area (Å²) in [4.78, 5) is 37.1. The van der Waals surface area contributed by atoms with Gasteiger partial charge in [-0.05, 0) is 20.3 Å². The number of urea groups is 1. The summed E-state index contributed by atoms with van der Waals surface area (Å²) in [6, 6.07) is -0.445. The lowest BCUT2D eigenvalue weighted by molar-refractivity contribution is -0.147. The van der Waals surface area contributed by atoms with Gasteiger partial charge in [-0.1, -0.05) is 0 Å². The van der Waals surface area contributed by atoms with Crippen molar-refractivity contribution < 1.29 is 19.5 Å². The fourth-order valence-corrected chi connectivity index (χ4v) is 1.56. The summed E-state index contributed by atoms with van der Waals surface area (Å²) in [6.45, 7) is 3.85. The topological polar surface area (TPSA) is 90.0 Å². The van der Waals surface area contributed by atoms with E-state index in [1.54, 1.807) is 0 Å². The molecule has 1 rings (SSSR count). The summed E-state index contributed by atoms with van der Waals surface area (Å²) in [5.74, 6) is -1.31. The minimum atomic E-state index is -1.31. The minimum absolute atomic E-state index is 0.0289. The van der Waals surface area contributed by atoms with Gasteiger partial charge in [0.15, 0.2) is 0 Å². The zero-order valence-electron chi connectivity index (χ0n) is 10.9. The van der Waals surface area contributed by atoms with E-state index in [1.807, 2.05) is 0 Å².